The van der Waals surface area contributed by atoms with Crippen molar-refractivity contribution in [3.05, 3.63) is 84.4 Å². The fraction of sp³-hybridized carbons (Fsp3) is 0.0476. The summed E-state index contributed by atoms with van der Waals surface area (Å²) in [5.74, 6) is 0.000750. The molecule has 4 rings (SSSR count). The van der Waals surface area contributed by atoms with Crippen LogP contribution >= 0.6 is 0 Å². The van der Waals surface area contributed by atoms with Gasteiger partial charge in [-0.25, -0.2) is 8.91 Å². The first kappa shape index (κ1) is 16.8. The van der Waals surface area contributed by atoms with E-state index >= 15 is 0 Å². The van der Waals surface area contributed by atoms with Crippen LogP contribution in [-0.2, 0) is 0 Å². The van der Waals surface area contributed by atoms with Gasteiger partial charge >= 0.3 is 0 Å². The lowest BCUT2D eigenvalue weighted by Crippen LogP contribution is -2.17. The molecule has 0 aliphatic heterocycles. The van der Waals surface area contributed by atoms with Crippen LogP contribution in [0.5, 0.6) is 11.5 Å². The Morgan fingerprint density at radius 1 is 1.07 bits per heavy atom. The zero-order valence-corrected chi connectivity index (χ0v) is 14.5. The average Bonchev–Trinajstić information content (AvgIpc) is 3.14. The first-order chi connectivity index (χ1) is 13.2. The highest BCUT2D eigenvalue weighted by molar-refractivity contribution is 5.96. The maximum absolute atomic E-state index is 14.0. The van der Waals surface area contributed by atoms with Crippen molar-refractivity contribution in [3.8, 4) is 22.6 Å². The molecule has 27 heavy (non-hydrogen) atoms. The Kier molecular flexibility index (Phi) is 4.30. The van der Waals surface area contributed by atoms with Crippen LogP contribution in [-0.4, -0.2) is 22.6 Å². The van der Waals surface area contributed by atoms with Gasteiger partial charge in [0.1, 0.15) is 5.52 Å². The van der Waals surface area contributed by atoms with Gasteiger partial charge in [-0.1, -0.05) is 24.3 Å². The zero-order chi connectivity index (χ0) is 18.8. The van der Waals surface area contributed by atoms with Gasteiger partial charge in [0, 0.05) is 30.4 Å². The van der Waals surface area contributed by atoms with Gasteiger partial charge in [-0.05, 0) is 35.9 Å². The van der Waals surface area contributed by atoms with E-state index in [1.54, 1.807) is 60.4 Å². The second-order valence-corrected chi connectivity index (χ2v) is 5.91. The molecule has 2 heterocycles. The number of aromatic nitrogens is 2. The third kappa shape index (κ3) is 3.13. The van der Waals surface area contributed by atoms with E-state index in [1.807, 2.05) is 18.2 Å². The molecule has 2 aromatic carbocycles. The average molecular weight is 361 g/mol. The molecule has 0 atom stereocenters. The highest BCUT2D eigenvalue weighted by atomic mass is 19.1. The summed E-state index contributed by atoms with van der Waals surface area (Å²) in [5, 5.41) is 6.91. The van der Waals surface area contributed by atoms with E-state index in [9.17, 15) is 9.18 Å². The predicted molar refractivity (Wildman–Crippen MR) is 100 cm³/mol. The fourth-order valence-corrected chi connectivity index (χ4v) is 2.95. The van der Waals surface area contributed by atoms with E-state index in [1.165, 1.54) is 6.07 Å². The van der Waals surface area contributed by atoms with E-state index in [0.29, 0.717) is 16.8 Å². The molecular weight excluding hydrogens is 345 g/mol. The van der Waals surface area contributed by atoms with Crippen molar-refractivity contribution in [1.82, 2.24) is 14.9 Å². The van der Waals surface area contributed by atoms with E-state index in [2.05, 4.69) is 10.4 Å². The summed E-state index contributed by atoms with van der Waals surface area (Å²) < 4.78 is 21.5. The maximum Gasteiger partial charge on any atom is 0.251 e. The summed E-state index contributed by atoms with van der Waals surface area (Å²) in [5.41, 5.74) is 2.91. The molecule has 1 amide bonds. The highest BCUT2D eigenvalue weighted by Crippen LogP contribution is 2.35. The number of nitrogens with zero attached hydrogens (tertiary/aromatic N) is 2. The molecule has 0 fully saturated rings. The lowest BCUT2D eigenvalue weighted by molar-refractivity contribution is 0.0963. The molecule has 0 unspecified atom stereocenters. The topological polar surface area (TPSA) is 55.6 Å². The first-order valence-corrected chi connectivity index (χ1v) is 8.38. The summed E-state index contributed by atoms with van der Waals surface area (Å²) >= 11 is 0. The monoisotopic (exact) mass is 361 g/mol. The van der Waals surface area contributed by atoms with Crippen molar-refractivity contribution in [2.24, 2.45) is 0 Å². The largest absolute Gasteiger partial charge is 0.452 e. The number of nitrogens with one attached hydrogen (secondary N) is 1. The Labute approximate surface area is 155 Å². The summed E-state index contributed by atoms with van der Waals surface area (Å²) in [6.45, 7) is 0. The van der Waals surface area contributed by atoms with Crippen LogP contribution in [0, 0.1) is 5.82 Å². The van der Waals surface area contributed by atoms with Crippen molar-refractivity contribution in [2.75, 3.05) is 7.05 Å². The van der Waals surface area contributed by atoms with Gasteiger partial charge in [0.05, 0.1) is 6.20 Å². The van der Waals surface area contributed by atoms with Gasteiger partial charge in [-0.3, -0.25) is 4.79 Å². The summed E-state index contributed by atoms with van der Waals surface area (Å²) in [6, 6.07) is 17.1. The smallest absolute Gasteiger partial charge is 0.251 e. The number of amides is 1. The SMILES string of the molecule is CNC(=O)c1cccc(-c2ccn3nccc(Oc4ccccc4F)c23)c1. The Morgan fingerprint density at radius 2 is 1.93 bits per heavy atom. The Bertz CT molecular complexity index is 1140. The first-order valence-electron chi connectivity index (χ1n) is 8.38. The number of hydrogen-bond donors (Lipinski definition) is 1. The van der Waals surface area contributed by atoms with Crippen molar-refractivity contribution in [2.45, 2.75) is 0 Å². The molecule has 6 heteroatoms. The number of hydrogen-bond acceptors (Lipinski definition) is 3. The van der Waals surface area contributed by atoms with E-state index < -0.39 is 5.82 Å². The van der Waals surface area contributed by atoms with E-state index in [-0.39, 0.29) is 11.7 Å². The van der Waals surface area contributed by atoms with Crippen LogP contribution in [0.3, 0.4) is 0 Å². The van der Waals surface area contributed by atoms with Gasteiger partial charge in [-0.15, -0.1) is 0 Å². The third-order valence-electron chi connectivity index (χ3n) is 4.24. The van der Waals surface area contributed by atoms with E-state index in [4.69, 9.17) is 4.74 Å². The van der Waals surface area contributed by atoms with Crippen LogP contribution in [0.2, 0.25) is 0 Å². The van der Waals surface area contributed by atoms with Gasteiger partial charge in [0.15, 0.2) is 17.3 Å². The van der Waals surface area contributed by atoms with Gasteiger partial charge in [-0.2, -0.15) is 5.10 Å². The number of carbonyl (C=O) groups excluding carboxylic acids is 1. The van der Waals surface area contributed by atoms with Gasteiger partial charge in [0.2, 0.25) is 0 Å². The van der Waals surface area contributed by atoms with Crippen LogP contribution in [0.15, 0.2) is 73.1 Å². The molecule has 2 aromatic heterocycles. The Morgan fingerprint density at radius 3 is 2.74 bits per heavy atom. The molecule has 4 aromatic rings. The van der Waals surface area contributed by atoms with Gasteiger partial charge in [0.25, 0.3) is 5.91 Å². The van der Waals surface area contributed by atoms with Crippen LogP contribution in [0.4, 0.5) is 4.39 Å². The number of benzene rings is 2. The molecule has 0 radical (unpaired) electrons. The predicted octanol–water partition coefficient (Wildman–Crippen LogP) is 4.29. The number of rotatable bonds is 4. The zero-order valence-electron chi connectivity index (χ0n) is 14.5. The van der Waals surface area contributed by atoms with Crippen molar-refractivity contribution in [1.29, 1.82) is 0 Å². The Hall–Kier alpha value is -3.67. The van der Waals surface area contributed by atoms with Crippen LogP contribution < -0.4 is 10.1 Å². The van der Waals surface area contributed by atoms with Crippen LogP contribution in [0.25, 0.3) is 16.6 Å². The molecule has 0 bridgehead atoms. The fourth-order valence-electron chi connectivity index (χ4n) is 2.95. The maximum atomic E-state index is 14.0. The number of para-hydroxylation sites is 1. The molecular formula is C21H16FN3O2. The number of fused-ring (bicyclic) bond motifs is 1. The molecule has 1 N–H and O–H groups in total. The van der Waals surface area contributed by atoms with Crippen molar-refractivity contribution >= 4 is 11.4 Å². The summed E-state index contributed by atoms with van der Waals surface area (Å²) in [7, 11) is 1.59. The minimum absolute atomic E-state index is 0.136. The number of ether oxygens (including phenoxy) is 1. The standard InChI is InChI=1S/C21H16FN3O2/c1-23-21(26)15-6-4-5-14(13-15)16-10-12-25-20(16)19(9-11-24-25)27-18-8-3-2-7-17(18)22/h2-13H,1H3,(H,23,26). The minimum atomic E-state index is -0.442. The highest BCUT2D eigenvalue weighted by Gasteiger charge is 2.15. The molecule has 0 saturated heterocycles. The molecule has 0 spiro atoms. The number of halogens is 1. The van der Waals surface area contributed by atoms with Crippen LogP contribution in [0.1, 0.15) is 10.4 Å². The quantitative estimate of drug-likeness (QED) is 0.590. The molecule has 0 saturated carbocycles. The molecule has 134 valence electrons. The Balaban J connectivity index is 1.84. The summed E-state index contributed by atoms with van der Waals surface area (Å²) in [4.78, 5) is 11.9. The normalized spacial score (nSPS) is 10.7. The summed E-state index contributed by atoms with van der Waals surface area (Å²) in [6.07, 6.45) is 3.39. The van der Waals surface area contributed by atoms with Gasteiger partial charge < -0.3 is 10.1 Å². The van der Waals surface area contributed by atoms with Crippen molar-refractivity contribution in [3.63, 3.8) is 0 Å². The minimum Gasteiger partial charge on any atom is -0.452 e. The van der Waals surface area contributed by atoms with E-state index in [0.717, 1.165) is 11.1 Å². The van der Waals surface area contributed by atoms with Crippen molar-refractivity contribution < 1.29 is 13.9 Å². The second kappa shape index (κ2) is 6.92. The third-order valence-corrected chi connectivity index (χ3v) is 4.24. The number of carbonyl (C=O) groups is 1. The molecule has 5 nitrogen and oxygen atoms in total. The molecule has 0 aliphatic carbocycles. The lowest BCUT2D eigenvalue weighted by atomic mass is 10.0. The molecule has 0 aliphatic rings. The second-order valence-electron chi connectivity index (χ2n) is 5.91. The lowest BCUT2D eigenvalue weighted by Gasteiger charge is -2.10.